The van der Waals surface area contributed by atoms with E-state index in [1.807, 2.05) is 0 Å². The zero-order chi connectivity index (χ0) is 24.9. The summed E-state index contributed by atoms with van der Waals surface area (Å²) in [4.78, 5) is 19.4. The fraction of sp³-hybridized carbons (Fsp3) is 0.545. The molecule has 182 valence electrons. The molecule has 0 amide bonds. The zero-order valence-electron chi connectivity index (χ0n) is 18.7. The Morgan fingerprint density at radius 2 is 1.97 bits per heavy atom. The first-order valence-corrected chi connectivity index (χ1v) is 10.3. The molecule has 1 saturated heterocycles. The van der Waals surface area contributed by atoms with Gasteiger partial charge in [-0.1, -0.05) is 19.9 Å². The number of aromatic nitrogens is 2. The summed E-state index contributed by atoms with van der Waals surface area (Å²) >= 11 is 0. The van der Waals surface area contributed by atoms with Crippen LogP contribution in [-0.2, 0) is 4.74 Å². The Kier molecular flexibility index (Phi) is 6.60. The van der Waals surface area contributed by atoms with Gasteiger partial charge < -0.3 is 19.6 Å². The van der Waals surface area contributed by atoms with Crippen LogP contribution in [0.25, 0.3) is 0 Å². The van der Waals surface area contributed by atoms with Crippen molar-refractivity contribution < 1.29 is 36.5 Å². The Balaban J connectivity index is 2.25. The molecule has 3 rings (SSSR count). The second kappa shape index (κ2) is 8.68. The summed E-state index contributed by atoms with van der Waals surface area (Å²) in [7, 11) is 1.08. The van der Waals surface area contributed by atoms with Crippen molar-refractivity contribution in [3.8, 4) is 5.75 Å². The van der Waals surface area contributed by atoms with E-state index in [1.54, 1.807) is 6.92 Å². The number of nitrogens with zero attached hydrogens (tertiary/aromatic N) is 1. The van der Waals surface area contributed by atoms with E-state index in [-0.39, 0.29) is 29.3 Å². The van der Waals surface area contributed by atoms with E-state index >= 15 is 0 Å². The number of benzene rings is 1. The number of rotatable bonds is 5. The first-order valence-electron chi connectivity index (χ1n) is 10.3. The molecule has 33 heavy (non-hydrogen) atoms. The maximum Gasteiger partial charge on any atom is 0.417 e. The van der Waals surface area contributed by atoms with E-state index in [0.717, 1.165) is 26.2 Å². The zero-order valence-corrected chi connectivity index (χ0v) is 18.7. The highest BCUT2D eigenvalue weighted by atomic mass is 19.4. The summed E-state index contributed by atoms with van der Waals surface area (Å²) in [5, 5.41) is 9.40. The third-order valence-corrected chi connectivity index (χ3v) is 6.51. The number of nitrogens with one attached hydrogen (secondary N) is 1. The first-order chi connectivity index (χ1) is 15.3. The summed E-state index contributed by atoms with van der Waals surface area (Å²) in [5.41, 5.74) is -2.96. The van der Waals surface area contributed by atoms with Crippen LogP contribution in [0.1, 0.15) is 61.4 Å². The molecule has 0 saturated carbocycles. The number of aliphatic hydroxyl groups is 1. The van der Waals surface area contributed by atoms with Gasteiger partial charge in [-0.3, -0.25) is 4.79 Å². The highest BCUT2D eigenvalue weighted by Crippen LogP contribution is 2.59. The Labute approximate surface area is 186 Å². The molecule has 11 heteroatoms. The standard InChI is InChI=1S/C22H25F5N2O4/c1-9(8-30)14-11(3)28-19(29-20(14)31)18-15(10(2)21(4,33-18)22(25,26)27)12-6-7-13(23)16(24)17(12)32-5/h6-7,9-10,15,18,30H,8H2,1-5H3,(H,28,29,31)/t9-,10+,15+,18-,21-/m1/s1. The summed E-state index contributed by atoms with van der Waals surface area (Å²) in [6.07, 6.45) is -6.26. The van der Waals surface area contributed by atoms with Gasteiger partial charge in [-0.05, 0) is 19.9 Å². The topological polar surface area (TPSA) is 84.4 Å². The smallest absolute Gasteiger partial charge is 0.417 e. The average molecular weight is 476 g/mol. The number of aromatic amines is 1. The highest BCUT2D eigenvalue weighted by molar-refractivity contribution is 5.41. The molecule has 2 N–H and O–H groups in total. The lowest BCUT2D eigenvalue weighted by Crippen LogP contribution is -2.46. The Morgan fingerprint density at radius 1 is 1.33 bits per heavy atom. The van der Waals surface area contributed by atoms with Crippen molar-refractivity contribution >= 4 is 0 Å². The lowest BCUT2D eigenvalue weighted by atomic mass is 9.77. The Morgan fingerprint density at radius 3 is 2.48 bits per heavy atom. The molecule has 0 bridgehead atoms. The van der Waals surface area contributed by atoms with Crippen molar-refractivity contribution in [2.75, 3.05) is 13.7 Å². The van der Waals surface area contributed by atoms with Crippen LogP contribution in [0.4, 0.5) is 22.0 Å². The van der Waals surface area contributed by atoms with Crippen LogP contribution in [0.5, 0.6) is 5.75 Å². The second-order valence-electron chi connectivity index (χ2n) is 8.48. The third-order valence-electron chi connectivity index (χ3n) is 6.51. The van der Waals surface area contributed by atoms with Gasteiger partial charge in [-0.2, -0.15) is 17.6 Å². The quantitative estimate of drug-likeness (QED) is 0.630. The normalized spacial score (nSPS) is 26.5. The van der Waals surface area contributed by atoms with Gasteiger partial charge in [0.15, 0.2) is 17.2 Å². The number of hydrogen-bond acceptors (Lipinski definition) is 5. The van der Waals surface area contributed by atoms with E-state index in [9.17, 15) is 31.9 Å². The number of aliphatic hydroxyl groups excluding tert-OH is 1. The number of hydrogen-bond donors (Lipinski definition) is 2. The van der Waals surface area contributed by atoms with Crippen molar-refractivity contribution in [1.29, 1.82) is 0 Å². The van der Waals surface area contributed by atoms with Crippen molar-refractivity contribution in [3.63, 3.8) is 0 Å². The lowest BCUT2D eigenvalue weighted by Gasteiger charge is -2.32. The molecule has 0 unspecified atom stereocenters. The summed E-state index contributed by atoms with van der Waals surface area (Å²) in [6.45, 7) is 4.91. The maximum absolute atomic E-state index is 14.4. The summed E-state index contributed by atoms with van der Waals surface area (Å²) in [5.74, 6) is -6.33. The number of methoxy groups -OCH3 is 1. The van der Waals surface area contributed by atoms with Gasteiger partial charge in [-0.15, -0.1) is 0 Å². The highest BCUT2D eigenvalue weighted by Gasteiger charge is 2.65. The Hall–Kier alpha value is -2.53. The molecule has 6 nitrogen and oxygen atoms in total. The fourth-order valence-corrected chi connectivity index (χ4v) is 4.47. The van der Waals surface area contributed by atoms with Crippen LogP contribution in [0.2, 0.25) is 0 Å². The summed E-state index contributed by atoms with van der Waals surface area (Å²) < 4.78 is 80.9. The molecule has 0 spiro atoms. The summed E-state index contributed by atoms with van der Waals surface area (Å²) in [6, 6.07) is 1.94. The lowest BCUT2D eigenvalue weighted by molar-refractivity contribution is -0.275. The van der Waals surface area contributed by atoms with Crippen molar-refractivity contribution in [1.82, 2.24) is 9.97 Å². The molecule has 1 aromatic carbocycles. The number of halogens is 5. The number of ether oxygens (including phenoxy) is 2. The van der Waals surface area contributed by atoms with Crippen LogP contribution >= 0.6 is 0 Å². The minimum absolute atomic E-state index is 0.0463. The van der Waals surface area contributed by atoms with Crippen LogP contribution < -0.4 is 10.3 Å². The molecule has 1 aliphatic rings. The van der Waals surface area contributed by atoms with Gasteiger partial charge in [0, 0.05) is 41.2 Å². The van der Waals surface area contributed by atoms with E-state index in [4.69, 9.17) is 9.47 Å². The van der Waals surface area contributed by atoms with Gasteiger partial charge >= 0.3 is 6.18 Å². The van der Waals surface area contributed by atoms with Crippen LogP contribution in [0.3, 0.4) is 0 Å². The molecule has 2 aromatic rings. The molecular weight excluding hydrogens is 451 g/mol. The molecule has 2 heterocycles. The van der Waals surface area contributed by atoms with Gasteiger partial charge in [0.25, 0.3) is 5.56 Å². The monoisotopic (exact) mass is 476 g/mol. The first kappa shape index (κ1) is 25.1. The van der Waals surface area contributed by atoms with Gasteiger partial charge in [0.1, 0.15) is 11.9 Å². The molecular formula is C22H25F5N2O4. The van der Waals surface area contributed by atoms with Crippen LogP contribution in [0.15, 0.2) is 16.9 Å². The molecule has 5 atom stereocenters. The molecule has 0 radical (unpaired) electrons. The van der Waals surface area contributed by atoms with Gasteiger partial charge in [-0.25, -0.2) is 9.37 Å². The number of aryl methyl sites for hydroxylation is 1. The van der Waals surface area contributed by atoms with E-state index in [0.29, 0.717) is 0 Å². The molecule has 1 fully saturated rings. The minimum Gasteiger partial charge on any atom is -0.493 e. The molecule has 0 aliphatic carbocycles. The minimum atomic E-state index is -4.81. The molecule has 1 aromatic heterocycles. The van der Waals surface area contributed by atoms with E-state index in [1.165, 1.54) is 13.8 Å². The Bertz CT molecular complexity index is 1100. The van der Waals surface area contributed by atoms with Crippen LogP contribution in [-0.4, -0.2) is 40.6 Å². The third kappa shape index (κ3) is 4.01. The SMILES string of the molecule is COc1c([C@H]2[C@H](c3nc(C)c([C@H](C)CO)c(=O)[nH]3)O[C@@](C)(C(F)(F)F)[C@H]2C)ccc(F)c1F. The van der Waals surface area contributed by atoms with E-state index in [2.05, 4.69) is 9.97 Å². The largest absolute Gasteiger partial charge is 0.493 e. The molecule has 1 aliphatic heterocycles. The average Bonchev–Trinajstić information content (AvgIpc) is 3.01. The van der Waals surface area contributed by atoms with Gasteiger partial charge in [0.05, 0.1) is 7.11 Å². The number of H-pyrrole nitrogens is 1. The van der Waals surface area contributed by atoms with Gasteiger partial charge in [0.2, 0.25) is 5.82 Å². The predicted octanol–water partition coefficient (Wildman–Crippen LogP) is 4.27. The van der Waals surface area contributed by atoms with Crippen molar-refractivity contribution in [2.24, 2.45) is 5.92 Å². The fourth-order valence-electron chi connectivity index (χ4n) is 4.47. The van der Waals surface area contributed by atoms with Crippen molar-refractivity contribution in [2.45, 2.75) is 57.4 Å². The predicted molar refractivity (Wildman–Crippen MR) is 108 cm³/mol. The van der Waals surface area contributed by atoms with Crippen molar-refractivity contribution in [3.05, 3.63) is 56.8 Å². The van der Waals surface area contributed by atoms with Crippen LogP contribution in [0, 0.1) is 24.5 Å². The van der Waals surface area contributed by atoms with E-state index < -0.39 is 58.6 Å². The second-order valence-corrected chi connectivity index (χ2v) is 8.48. The maximum atomic E-state index is 14.4. The number of alkyl halides is 3.